The molecule has 0 amide bonds. The first-order valence-electron chi connectivity index (χ1n) is 17.7. The number of rotatable bonds is 9. The molecule has 13 nitrogen and oxygen atoms in total. The highest BCUT2D eigenvalue weighted by Gasteiger charge is 2.47. The molecule has 3 heterocycles. The minimum atomic E-state index is -1.85. The Morgan fingerprint density at radius 1 is 0.900 bits per heavy atom. The maximum Gasteiger partial charge on any atom is 0.330 e. The predicted molar refractivity (Wildman–Crippen MR) is 185 cm³/mol. The van der Waals surface area contributed by atoms with Crippen molar-refractivity contribution >= 4 is 11.8 Å². The Balaban J connectivity index is 1.90. The number of ketones is 1. The SMILES string of the molecule is CC[C@H]1OC(=O)/C=C/[C@H](C)[C@@H](O[C@@H]2O[C@H](C)C[C@H](N(C)C)[C@H]2O)[C@@H](C)C[C@@H](C)C(=O)/C=C/C=C/[C@]1(O)CO[C@@H]1O[C@H](C)[C@@H](O)[C@@H](OC)[C@H]1OC. The van der Waals surface area contributed by atoms with Crippen LogP contribution in [0.25, 0.3) is 0 Å². The monoisotopic (exact) mass is 711 g/mol. The van der Waals surface area contributed by atoms with Crippen molar-refractivity contribution in [3.05, 3.63) is 36.5 Å². The van der Waals surface area contributed by atoms with Gasteiger partial charge in [0.1, 0.15) is 36.1 Å². The summed E-state index contributed by atoms with van der Waals surface area (Å²) < 4.78 is 41.3. The lowest BCUT2D eigenvalue weighted by molar-refractivity contribution is -0.310. The Hall–Kier alpha value is -2.04. The molecule has 0 spiro atoms. The summed E-state index contributed by atoms with van der Waals surface area (Å²) in [5.41, 5.74) is -1.85. The number of nitrogens with zero attached hydrogens (tertiary/aromatic N) is 1. The molecule has 0 saturated carbocycles. The Kier molecular flexibility index (Phi) is 16.2. The molecule has 50 heavy (non-hydrogen) atoms. The Labute approximate surface area is 297 Å². The first-order valence-corrected chi connectivity index (χ1v) is 17.7. The molecule has 15 atom stereocenters. The number of hydrogen-bond donors (Lipinski definition) is 3. The molecule has 286 valence electrons. The fourth-order valence-electron chi connectivity index (χ4n) is 7.09. The number of ether oxygens (including phenoxy) is 7. The summed E-state index contributed by atoms with van der Waals surface area (Å²) in [6.45, 7) is 10.7. The highest BCUT2D eigenvalue weighted by Crippen LogP contribution is 2.32. The van der Waals surface area contributed by atoms with Gasteiger partial charge >= 0.3 is 5.97 Å². The van der Waals surface area contributed by atoms with E-state index in [1.54, 1.807) is 19.9 Å². The van der Waals surface area contributed by atoms with E-state index >= 15 is 0 Å². The number of esters is 1. The van der Waals surface area contributed by atoms with Crippen LogP contribution in [0.3, 0.4) is 0 Å². The van der Waals surface area contributed by atoms with Crippen LogP contribution < -0.4 is 0 Å². The van der Waals surface area contributed by atoms with Crippen LogP contribution in [0.15, 0.2) is 36.5 Å². The van der Waals surface area contributed by atoms with Gasteiger partial charge in [-0.1, -0.05) is 45.9 Å². The fourth-order valence-corrected chi connectivity index (χ4v) is 7.09. The van der Waals surface area contributed by atoms with Crippen molar-refractivity contribution in [1.82, 2.24) is 4.90 Å². The summed E-state index contributed by atoms with van der Waals surface area (Å²) >= 11 is 0. The van der Waals surface area contributed by atoms with Crippen LogP contribution in [0.1, 0.15) is 60.8 Å². The van der Waals surface area contributed by atoms with Gasteiger partial charge in [-0.2, -0.15) is 0 Å². The molecule has 2 fully saturated rings. The average Bonchev–Trinajstić information content (AvgIpc) is 3.07. The Morgan fingerprint density at radius 3 is 2.20 bits per heavy atom. The fraction of sp³-hybridized carbons (Fsp3) is 0.784. The summed E-state index contributed by atoms with van der Waals surface area (Å²) in [5, 5.41) is 33.7. The lowest BCUT2D eigenvalue weighted by Gasteiger charge is -2.43. The van der Waals surface area contributed by atoms with Gasteiger partial charge in [0.25, 0.3) is 0 Å². The second kappa shape index (κ2) is 19.2. The van der Waals surface area contributed by atoms with Gasteiger partial charge < -0.3 is 53.4 Å². The van der Waals surface area contributed by atoms with Crippen molar-refractivity contribution in [2.75, 3.05) is 34.9 Å². The molecule has 3 N–H and O–H groups in total. The van der Waals surface area contributed by atoms with Gasteiger partial charge in [-0.25, -0.2) is 4.79 Å². The highest BCUT2D eigenvalue weighted by molar-refractivity contribution is 5.91. The van der Waals surface area contributed by atoms with E-state index in [0.29, 0.717) is 12.8 Å². The topological polar surface area (TPSA) is 163 Å². The van der Waals surface area contributed by atoms with Crippen LogP contribution >= 0.6 is 0 Å². The van der Waals surface area contributed by atoms with Crippen LogP contribution in [0.2, 0.25) is 0 Å². The zero-order chi connectivity index (χ0) is 37.3. The van der Waals surface area contributed by atoms with Gasteiger partial charge in [-0.05, 0) is 65.3 Å². The van der Waals surface area contributed by atoms with Crippen molar-refractivity contribution in [1.29, 1.82) is 0 Å². The van der Waals surface area contributed by atoms with Gasteiger partial charge in [0.2, 0.25) is 0 Å². The van der Waals surface area contributed by atoms with Gasteiger partial charge in [0.15, 0.2) is 18.4 Å². The van der Waals surface area contributed by atoms with E-state index in [9.17, 15) is 24.9 Å². The molecule has 2 saturated heterocycles. The lowest BCUT2D eigenvalue weighted by atomic mass is 9.84. The molecule has 3 aliphatic rings. The molecule has 13 heteroatoms. The molecule has 0 aliphatic carbocycles. The van der Waals surface area contributed by atoms with Crippen molar-refractivity contribution in [2.45, 2.75) is 134 Å². The predicted octanol–water partition coefficient (Wildman–Crippen LogP) is 2.55. The van der Waals surface area contributed by atoms with Gasteiger partial charge in [0.05, 0.1) is 24.9 Å². The second-order valence-electron chi connectivity index (χ2n) is 14.4. The number of aliphatic hydroxyl groups excluding tert-OH is 2. The van der Waals surface area contributed by atoms with E-state index in [2.05, 4.69) is 0 Å². The zero-order valence-corrected chi connectivity index (χ0v) is 31.3. The van der Waals surface area contributed by atoms with E-state index in [-0.39, 0.29) is 48.7 Å². The van der Waals surface area contributed by atoms with E-state index < -0.39 is 66.9 Å². The molecule has 0 aromatic heterocycles. The highest BCUT2D eigenvalue weighted by atomic mass is 16.7. The van der Waals surface area contributed by atoms with Crippen molar-refractivity contribution < 1.29 is 58.1 Å². The number of carbonyl (C=O) groups excluding carboxylic acids is 2. The largest absolute Gasteiger partial charge is 0.456 e. The number of carbonyl (C=O) groups is 2. The van der Waals surface area contributed by atoms with Crippen LogP contribution in [0, 0.1) is 17.8 Å². The smallest absolute Gasteiger partial charge is 0.330 e. The van der Waals surface area contributed by atoms with E-state index in [4.69, 9.17) is 33.2 Å². The standard InChI is InChI=1S/C37H61NO12/c1-11-28-37(43,20-46-36-34(45-10)33(44-9)30(41)25(6)48-36)17-13-12-14-27(39)22(3)18-23(4)32(21(2)15-16-29(40)49-28)50-35-31(42)26(38(7)8)19-24(5)47-35/h12-17,21-26,28,30-36,41-43H,11,18-20H2,1-10H3/b14-12+,16-15+,17-13+/t21-,22+,23-,24+,25+,26-,28+,30+,31+,32+,33+,34+,35-,36+,37-/m0/s1. The zero-order valence-electron chi connectivity index (χ0n) is 31.3. The van der Waals surface area contributed by atoms with Gasteiger partial charge in [-0.15, -0.1) is 0 Å². The summed E-state index contributed by atoms with van der Waals surface area (Å²) in [7, 11) is 6.70. The lowest BCUT2D eigenvalue weighted by Crippen LogP contribution is -2.59. The molecule has 3 rings (SSSR count). The van der Waals surface area contributed by atoms with E-state index in [0.717, 1.165) is 0 Å². The quantitative estimate of drug-likeness (QED) is 0.300. The molecular weight excluding hydrogens is 650 g/mol. The van der Waals surface area contributed by atoms with E-state index in [1.807, 2.05) is 46.7 Å². The molecular formula is C37H61NO12. The summed E-state index contributed by atoms with van der Waals surface area (Å²) in [4.78, 5) is 28.5. The maximum absolute atomic E-state index is 13.3. The normalized spacial score (nSPS) is 44.4. The molecule has 0 unspecified atom stereocenters. The molecule has 0 bridgehead atoms. The first-order chi connectivity index (χ1) is 23.6. The molecule has 0 radical (unpaired) electrons. The number of cyclic esters (lactones) is 1. The minimum absolute atomic E-state index is 0.110. The van der Waals surface area contributed by atoms with Crippen LogP contribution in [-0.4, -0.2) is 140 Å². The third-order valence-corrected chi connectivity index (χ3v) is 10.1. The van der Waals surface area contributed by atoms with Crippen LogP contribution in [-0.2, 0) is 42.7 Å². The number of aliphatic hydroxyl groups is 3. The van der Waals surface area contributed by atoms with Crippen LogP contribution in [0.4, 0.5) is 0 Å². The summed E-state index contributed by atoms with van der Waals surface area (Å²) in [6.07, 6.45) is 2.53. The third kappa shape index (κ3) is 10.8. The van der Waals surface area contributed by atoms with Gasteiger partial charge in [0, 0.05) is 38.2 Å². The van der Waals surface area contributed by atoms with Crippen molar-refractivity contribution in [3.63, 3.8) is 0 Å². The average molecular weight is 712 g/mol. The number of allylic oxidation sites excluding steroid dienone is 3. The Morgan fingerprint density at radius 2 is 1.58 bits per heavy atom. The minimum Gasteiger partial charge on any atom is -0.456 e. The third-order valence-electron chi connectivity index (χ3n) is 10.1. The van der Waals surface area contributed by atoms with Crippen molar-refractivity contribution in [3.8, 4) is 0 Å². The summed E-state index contributed by atoms with van der Waals surface area (Å²) in [6, 6.07) is -0.167. The first kappa shape index (κ1) is 42.4. The van der Waals surface area contributed by atoms with Crippen molar-refractivity contribution in [2.24, 2.45) is 17.8 Å². The summed E-state index contributed by atoms with van der Waals surface area (Å²) in [5.74, 6) is -1.66. The Bertz CT molecular complexity index is 1180. The second-order valence-corrected chi connectivity index (χ2v) is 14.4. The van der Waals surface area contributed by atoms with Crippen LogP contribution in [0.5, 0.6) is 0 Å². The van der Waals surface area contributed by atoms with Gasteiger partial charge in [-0.3, -0.25) is 4.79 Å². The number of hydrogen-bond acceptors (Lipinski definition) is 13. The number of methoxy groups -OCH3 is 2. The van der Waals surface area contributed by atoms with E-state index in [1.165, 1.54) is 44.6 Å². The molecule has 3 aliphatic heterocycles. The molecule has 0 aromatic carbocycles. The number of likely N-dealkylation sites (N-methyl/N-ethyl adjacent to an activating group) is 1. The maximum atomic E-state index is 13.3. The molecule has 0 aromatic rings.